The summed E-state index contributed by atoms with van der Waals surface area (Å²) >= 11 is 3.17. The van der Waals surface area contributed by atoms with Crippen molar-refractivity contribution in [1.29, 1.82) is 0 Å². The number of carbonyl (C=O) groups is 1. The standard InChI is InChI=1S/C21H20N2OS2/c1-15-6-7-16(2)19(13-15)26-18-10-8-17(9-11-18)23-20(24)14-25-21-5-3-4-12-22-21/h3-13H,14H2,1-2H3,(H,23,24). The predicted octanol–water partition coefficient (Wildman–Crippen LogP) is 5.58. The van der Waals surface area contributed by atoms with Crippen LogP contribution in [0.1, 0.15) is 11.1 Å². The van der Waals surface area contributed by atoms with Gasteiger partial charge in [0.15, 0.2) is 0 Å². The lowest BCUT2D eigenvalue weighted by molar-refractivity contribution is -0.113. The fourth-order valence-corrected chi connectivity index (χ4v) is 3.98. The first-order chi connectivity index (χ1) is 12.6. The van der Waals surface area contributed by atoms with Gasteiger partial charge in [0.1, 0.15) is 0 Å². The Morgan fingerprint density at radius 1 is 1.04 bits per heavy atom. The van der Waals surface area contributed by atoms with Gasteiger partial charge in [-0.3, -0.25) is 4.79 Å². The van der Waals surface area contributed by atoms with Gasteiger partial charge >= 0.3 is 0 Å². The number of rotatable bonds is 6. The molecular formula is C21H20N2OS2. The number of aryl methyl sites for hydroxylation is 2. The Morgan fingerprint density at radius 3 is 2.58 bits per heavy atom. The zero-order chi connectivity index (χ0) is 18.4. The molecule has 1 amide bonds. The summed E-state index contributed by atoms with van der Waals surface area (Å²) in [6.07, 6.45) is 1.73. The normalized spacial score (nSPS) is 10.5. The monoisotopic (exact) mass is 380 g/mol. The topological polar surface area (TPSA) is 42.0 Å². The van der Waals surface area contributed by atoms with E-state index >= 15 is 0 Å². The van der Waals surface area contributed by atoms with Crippen molar-refractivity contribution >= 4 is 35.1 Å². The van der Waals surface area contributed by atoms with Gasteiger partial charge in [0.25, 0.3) is 0 Å². The highest BCUT2D eigenvalue weighted by Gasteiger charge is 2.06. The molecule has 5 heteroatoms. The molecule has 0 bridgehead atoms. The number of amides is 1. The van der Waals surface area contributed by atoms with E-state index in [2.05, 4.69) is 42.3 Å². The Labute approximate surface area is 162 Å². The van der Waals surface area contributed by atoms with Gasteiger partial charge in [0.2, 0.25) is 5.91 Å². The maximum atomic E-state index is 12.1. The van der Waals surface area contributed by atoms with Gasteiger partial charge in [-0.25, -0.2) is 4.98 Å². The molecule has 1 heterocycles. The van der Waals surface area contributed by atoms with Crippen LogP contribution in [0.3, 0.4) is 0 Å². The van der Waals surface area contributed by atoms with Gasteiger partial charge in [0.05, 0.1) is 10.8 Å². The summed E-state index contributed by atoms with van der Waals surface area (Å²) in [4.78, 5) is 18.7. The van der Waals surface area contributed by atoms with Gasteiger partial charge in [-0.1, -0.05) is 41.7 Å². The summed E-state index contributed by atoms with van der Waals surface area (Å²) in [6.45, 7) is 4.22. The van der Waals surface area contributed by atoms with Crippen molar-refractivity contribution in [1.82, 2.24) is 4.98 Å². The molecule has 26 heavy (non-hydrogen) atoms. The highest BCUT2D eigenvalue weighted by atomic mass is 32.2. The number of hydrogen-bond acceptors (Lipinski definition) is 4. The highest BCUT2D eigenvalue weighted by molar-refractivity contribution is 8.00. The molecule has 0 fully saturated rings. The van der Waals surface area contributed by atoms with Crippen molar-refractivity contribution in [3.05, 3.63) is 78.0 Å². The highest BCUT2D eigenvalue weighted by Crippen LogP contribution is 2.31. The van der Waals surface area contributed by atoms with Crippen molar-refractivity contribution in [3.63, 3.8) is 0 Å². The number of aromatic nitrogens is 1. The molecule has 1 aromatic heterocycles. The van der Waals surface area contributed by atoms with Crippen LogP contribution in [0.4, 0.5) is 5.69 Å². The minimum atomic E-state index is -0.0319. The molecule has 0 aliphatic carbocycles. The van der Waals surface area contributed by atoms with E-state index in [4.69, 9.17) is 0 Å². The van der Waals surface area contributed by atoms with Gasteiger partial charge in [-0.05, 0) is 67.4 Å². The number of carbonyl (C=O) groups excluding carboxylic acids is 1. The number of hydrogen-bond donors (Lipinski definition) is 1. The smallest absolute Gasteiger partial charge is 0.234 e. The molecule has 0 aliphatic heterocycles. The van der Waals surface area contributed by atoms with E-state index in [-0.39, 0.29) is 5.91 Å². The van der Waals surface area contributed by atoms with Crippen LogP contribution >= 0.6 is 23.5 Å². The first-order valence-corrected chi connectivity index (χ1v) is 10.1. The van der Waals surface area contributed by atoms with Gasteiger partial charge < -0.3 is 5.32 Å². The molecule has 2 aromatic carbocycles. The first kappa shape index (κ1) is 18.5. The van der Waals surface area contributed by atoms with E-state index in [0.717, 1.165) is 15.6 Å². The zero-order valence-corrected chi connectivity index (χ0v) is 16.4. The molecule has 3 rings (SSSR count). The van der Waals surface area contributed by atoms with E-state index in [1.165, 1.54) is 27.8 Å². The number of nitrogens with one attached hydrogen (secondary N) is 1. The zero-order valence-electron chi connectivity index (χ0n) is 14.7. The van der Waals surface area contributed by atoms with E-state index in [1.54, 1.807) is 18.0 Å². The average Bonchev–Trinajstić information content (AvgIpc) is 2.65. The van der Waals surface area contributed by atoms with Crippen LogP contribution < -0.4 is 5.32 Å². The van der Waals surface area contributed by atoms with Crippen molar-refractivity contribution < 1.29 is 4.79 Å². The second-order valence-corrected chi connectivity index (χ2v) is 8.01. The molecule has 3 aromatic rings. The number of anilines is 1. The SMILES string of the molecule is Cc1ccc(C)c(Sc2ccc(NC(=O)CSc3ccccn3)cc2)c1. The Bertz CT molecular complexity index is 880. The first-order valence-electron chi connectivity index (χ1n) is 8.29. The Hall–Kier alpha value is -2.24. The third kappa shape index (κ3) is 5.38. The number of pyridine rings is 1. The molecule has 0 radical (unpaired) electrons. The molecule has 0 unspecified atom stereocenters. The molecule has 0 saturated heterocycles. The van der Waals surface area contributed by atoms with Crippen LogP contribution in [0.25, 0.3) is 0 Å². The summed E-state index contributed by atoms with van der Waals surface area (Å²) < 4.78 is 0. The summed E-state index contributed by atoms with van der Waals surface area (Å²) in [7, 11) is 0. The lowest BCUT2D eigenvalue weighted by atomic mass is 10.2. The van der Waals surface area contributed by atoms with Crippen molar-refractivity contribution in [2.24, 2.45) is 0 Å². The van der Waals surface area contributed by atoms with Crippen molar-refractivity contribution in [2.75, 3.05) is 11.1 Å². The van der Waals surface area contributed by atoms with Crippen LogP contribution in [0.5, 0.6) is 0 Å². The van der Waals surface area contributed by atoms with Crippen LogP contribution in [0, 0.1) is 13.8 Å². The fourth-order valence-electron chi connectivity index (χ4n) is 2.32. The molecule has 0 saturated carbocycles. The van der Waals surface area contributed by atoms with Crippen molar-refractivity contribution in [2.45, 2.75) is 28.7 Å². The quantitative estimate of drug-likeness (QED) is 0.567. The maximum Gasteiger partial charge on any atom is 0.234 e. The molecule has 3 nitrogen and oxygen atoms in total. The van der Waals surface area contributed by atoms with E-state index in [9.17, 15) is 4.79 Å². The Balaban J connectivity index is 1.55. The van der Waals surface area contributed by atoms with Gasteiger partial charge in [0, 0.05) is 21.7 Å². The summed E-state index contributed by atoms with van der Waals surface area (Å²) in [5.74, 6) is 0.311. The van der Waals surface area contributed by atoms with Crippen LogP contribution in [-0.2, 0) is 4.79 Å². The number of thioether (sulfide) groups is 1. The average molecular weight is 381 g/mol. The van der Waals surface area contributed by atoms with E-state index in [0.29, 0.717) is 5.75 Å². The molecule has 1 N–H and O–H groups in total. The molecular weight excluding hydrogens is 360 g/mol. The largest absolute Gasteiger partial charge is 0.325 e. The second kappa shape index (κ2) is 8.92. The van der Waals surface area contributed by atoms with Crippen LogP contribution in [0.15, 0.2) is 81.7 Å². The second-order valence-electron chi connectivity index (χ2n) is 5.90. The van der Waals surface area contributed by atoms with E-state index in [1.807, 2.05) is 42.5 Å². The Kier molecular flexibility index (Phi) is 6.36. The van der Waals surface area contributed by atoms with Gasteiger partial charge in [-0.2, -0.15) is 0 Å². The molecule has 0 atom stereocenters. The number of nitrogens with zero attached hydrogens (tertiary/aromatic N) is 1. The van der Waals surface area contributed by atoms with Gasteiger partial charge in [-0.15, -0.1) is 0 Å². The molecule has 132 valence electrons. The third-order valence-electron chi connectivity index (χ3n) is 3.70. The third-order valence-corrected chi connectivity index (χ3v) is 5.81. The minimum absolute atomic E-state index is 0.0319. The molecule has 0 spiro atoms. The van der Waals surface area contributed by atoms with Crippen molar-refractivity contribution in [3.8, 4) is 0 Å². The van der Waals surface area contributed by atoms with Crippen LogP contribution in [-0.4, -0.2) is 16.6 Å². The summed E-state index contributed by atoms with van der Waals surface area (Å²) in [6, 6.07) is 20.1. The lowest BCUT2D eigenvalue weighted by Crippen LogP contribution is -2.13. The lowest BCUT2D eigenvalue weighted by Gasteiger charge is -2.08. The molecule has 0 aliphatic rings. The predicted molar refractivity (Wildman–Crippen MR) is 110 cm³/mol. The Morgan fingerprint density at radius 2 is 1.85 bits per heavy atom. The maximum absolute atomic E-state index is 12.1. The summed E-state index contributed by atoms with van der Waals surface area (Å²) in [5, 5.41) is 3.78. The summed E-state index contributed by atoms with van der Waals surface area (Å²) in [5.41, 5.74) is 3.33. The fraction of sp³-hybridized carbons (Fsp3) is 0.143. The van der Waals surface area contributed by atoms with E-state index < -0.39 is 0 Å². The minimum Gasteiger partial charge on any atom is -0.325 e. The number of benzene rings is 2. The van der Waals surface area contributed by atoms with Crippen LogP contribution in [0.2, 0.25) is 0 Å².